The zero-order valence-corrected chi connectivity index (χ0v) is 6.15. The summed E-state index contributed by atoms with van der Waals surface area (Å²) in [5, 5.41) is 0. The van der Waals surface area contributed by atoms with Crippen LogP contribution in [0.5, 0.6) is 0 Å². The van der Waals surface area contributed by atoms with Crippen molar-refractivity contribution in [3.63, 3.8) is 0 Å². The summed E-state index contributed by atoms with van der Waals surface area (Å²) in [4.78, 5) is 0. The van der Waals surface area contributed by atoms with E-state index in [2.05, 4.69) is 6.92 Å². The first-order valence-electron chi connectivity index (χ1n) is 3.91. The highest BCUT2D eigenvalue weighted by Crippen LogP contribution is 2.23. The second-order valence-corrected chi connectivity index (χ2v) is 2.59. The average Bonchev–Trinajstić information content (AvgIpc) is 1.91. The molecule has 0 amide bonds. The Balaban J connectivity index is 2.08. The average molecular weight is 127 g/mol. The Morgan fingerprint density at radius 2 is 2.33 bits per heavy atom. The second-order valence-electron chi connectivity index (χ2n) is 2.59. The summed E-state index contributed by atoms with van der Waals surface area (Å²) in [5.41, 5.74) is 0. The Labute approximate surface area is 57.4 Å². The molecule has 1 aliphatic rings. The van der Waals surface area contributed by atoms with E-state index in [-0.39, 0.29) is 0 Å². The minimum Gasteiger partial charge on any atom is -0.372 e. The zero-order chi connectivity index (χ0) is 6.53. The molecule has 0 aromatic rings. The van der Waals surface area contributed by atoms with Gasteiger partial charge in [0.1, 0.15) is 0 Å². The third kappa shape index (κ3) is 2.35. The van der Waals surface area contributed by atoms with E-state index >= 15 is 0 Å². The third-order valence-corrected chi connectivity index (χ3v) is 1.68. The van der Waals surface area contributed by atoms with Gasteiger partial charge in [0, 0.05) is 6.61 Å². The van der Waals surface area contributed by atoms with E-state index < -0.39 is 0 Å². The van der Waals surface area contributed by atoms with Crippen LogP contribution in [0.15, 0.2) is 0 Å². The Morgan fingerprint density at radius 3 is 2.89 bits per heavy atom. The topological polar surface area (TPSA) is 9.23 Å². The first-order valence-corrected chi connectivity index (χ1v) is 3.91. The van der Waals surface area contributed by atoms with Gasteiger partial charge in [-0.15, -0.1) is 0 Å². The highest BCUT2D eigenvalue weighted by molar-refractivity contribution is 4.80. The van der Waals surface area contributed by atoms with Crippen LogP contribution in [0.4, 0.5) is 0 Å². The Morgan fingerprint density at radius 1 is 1.44 bits per heavy atom. The van der Waals surface area contributed by atoms with Crippen LogP contribution in [-0.4, -0.2) is 6.61 Å². The predicted octanol–water partition coefficient (Wildman–Crippen LogP) is 2.52. The first-order chi connectivity index (χ1) is 4.43. The minimum absolute atomic E-state index is 0.968. The molecular weight excluding hydrogens is 112 g/mol. The van der Waals surface area contributed by atoms with Crippen LogP contribution < -0.4 is 0 Å². The Hall–Kier alpha value is -0.0400. The molecule has 0 bridgehead atoms. The lowest BCUT2D eigenvalue weighted by Gasteiger charge is -2.20. The molecule has 0 N–H and O–H groups in total. The summed E-state index contributed by atoms with van der Waals surface area (Å²) in [7, 11) is 0. The molecule has 0 aliphatic carbocycles. The standard InChI is InChI=1S/C8H15O/c1-2-5-8-6-3-4-7-9-8/h2-7H2,1H3. The maximum absolute atomic E-state index is 5.44. The Kier molecular flexibility index (Phi) is 3.05. The van der Waals surface area contributed by atoms with Crippen LogP contribution in [-0.2, 0) is 4.74 Å². The van der Waals surface area contributed by atoms with E-state index in [0.717, 1.165) is 6.61 Å². The summed E-state index contributed by atoms with van der Waals surface area (Å²) in [5.74, 6) is 0. The van der Waals surface area contributed by atoms with Gasteiger partial charge in [0.25, 0.3) is 0 Å². The quantitative estimate of drug-likeness (QED) is 0.554. The molecule has 53 valence electrons. The molecule has 1 saturated heterocycles. The van der Waals surface area contributed by atoms with E-state index in [1.807, 2.05) is 0 Å². The van der Waals surface area contributed by atoms with Crippen molar-refractivity contribution in [3.05, 3.63) is 6.10 Å². The van der Waals surface area contributed by atoms with Crippen molar-refractivity contribution in [2.24, 2.45) is 0 Å². The molecular formula is C8H15O. The molecule has 1 fully saturated rings. The minimum atomic E-state index is 0.968. The van der Waals surface area contributed by atoms with Crippen LogP contribution in [0, 0.1) is 6.10 Å². The van der Waals surface area contributed by atoms with Crippen LogP contribution in [0.25, 0.3) is 0 Å². The largest absolute Gasteiger partial charge is 0.372 e. The van der Waals surface area contributed by atoms with Gasteiger partial charge in [0.2, 0.25) is 0 Å². The highest BCUT2D eigenvalue weighted by Gasteiger charge is 2.12. The van der Waals surface area contributed by atoms with Crippen LogP contribution >= 0.6 is 0 Å². The van der Waals surface area contributed by atoms with Gasteiger partial charge in [-0.05, 0) is 25.7 Å². The SMILES string of the molecule is CCC[C]1CCCCO1. The number of hydrogen-bond donors (Lipinski definition) is 0. The van der Waals surface area contributed by atoms with E-state index in [1.165, 1.54) is 38.2 Å². The fourth-order valence-electron chi connectivity index (χ4n) is 1.19. The van der Waals surface area contributed by atoms with Gasteiger partial charge in [-0.2, -0.15) is 0 Å². The van der Waals surface area contributed by atoms with Gasteiger partial charge in [0.05, 0.1) is 6.10 Å². The first kappa shape index (κ1) is 7.07. The van der Waals surface area contributed by atoms with Crippen molar-refractivity contribution in [1.82, 2.24) is 0 Å². The molecule has 0 aromatic heterocycles. The van der Waals surface area contributed by atoms with Crippen molar-refractivity contribution in [1.29, 1.82) is 0 Å². The fraction of sp³-hybridized carbons (Fsp3) is 0.875. The van der Waals surface area contributed by atoms with E-state index in [0.29, 0.717) is 0 Å². The molecule has 0 unspecified atom stereocenters. The number of hydrogen-bond acceptors (Lipinski definition) is 1. The van der Waals surface area contributed by atoms with Crippen molar-refractivity contribution in [2.75, 3.05) is 6.61 Å². The molecule has 0 spiro atoms. The fourth-order valence-corrected chi connectivity index (χ4v) is 1.19. The normalized spacial score (nSPS) is 22.3. The van der Waals surface area contributed by atoms with Gasteiger partial charge in [-0.1, -0.05) is 13.3 Å². The lowest BCUT2D eigenvalue weighted by Crippen LogP contribution is -2.10. The van der Waals surface area contributed by atoms with Crippen molar-refractivity contribution < 1.29 is 4.74 Å². The molecule has 1 nitrogen and oxygen atoms in total. The Bertz CT molecular complexity index is 62.2. The highest BCUT2D eigenvalue weighted by atomic mass is 16.5. The van der Waals surface area contributed by atoms with Crippen LogP contribution in [0.1, 0.15) is 39.0 Å². The smallest absolute Gasteiger partial charge is 0.0970 e. The molecule has 1 aliphatic heterocycles. The van der Waals surface area contributed by atoms with E-state index in [4.69, 9.17) is 4.74 Å². The lowest BCUT2D eigenvalue weighted by molar-refractivity contribution is 0.0923. The van der Waals surface area contributed by atoms with Crippen molar-refractivity contribution in [3.8, 4) is 0 Å². The molecule has 1 rings (SSSR count). The summed E-state index contributed by atoms with van der Waals surface area (Å²) in [6.45, 7) is 3.17. The molecule has 0 aromatic carbocycles. The second kappa shape index (κ2) is 3.89. The summed E-state index contributed by atoms with van der Waals surface area (Å²) < 4.78 is 5.44. The predicted molar refractivity (Wildman–Crippen MR) is 38.0 cm³/mol. The third-order valence-electron chi connectivity index (χ3n) is 1.68. The van der Waals surface area contributed by atoms with Crippen molar-refractivity contribution in [2.45, 2.75) is 39.0 Å². The van der Waals surface area contributed by atoms with E-state index in [9.17, 15) is 0 Å². The molecule has 1 heteroatoms. The summed E-state index contributed by atoms with van der Waals surface area (Å²) in [6, 6.07) is 0. The van der Waals surface area contributed by atoms with Crippen molar-refractivity contribution >= 4 is 0 Å². The molecule has 1 heterocycles. The van der Waals surface area contributed by atoms with Crippen LogP contribution in [0.3, 0.4) is 0 Å². The maximum Gasteiger partial charge on any atom is 0.0970 e. The summed E-state index contributed by atoms with van der Waals surface area (Å²) in [6.07, 6.45) is 7.56. The number of rotatable bonds is 2. The van der Waals surface area contributed by atoms with Gasteiger partial charge < -0.3 is 4.74 Å². The maximum atomic E-state index is 5.44. The molecule has 0 atom stereocenters. The van der Waals surface area contributed by atoms with Gasteiger partial charge in [0.15, 0.2) is 0 Å². The molecule has 9 heavy (non-hydrogen) atoms. The monoisotopic (exact) mass is 127 g/mol. The van der Waals surface area contributed by atoms with E-state index in [1.54, 1.807) is 0 Å². The van der Waals surface area contributed by atoms with Gasteiger partial charge >= 0.3 is 0 Å². The molecule has 1 radical (unpaired) electrons. The number of ether oxygens (including phenoxy) is 1. The summed E-state index contributed by atoms with van der Waals surface area (Å²) >= 11 is 0. The van der Waals surface area contributed by atoms with Gasteiger partial charge in [-0.25, -0.2) is 0 Å². The van der Waals surface area contributed by atoms with Gasteiger partial charge in [-0.3, -0.25) is 0 Å². The zero-order valence-electron chi connectivity index (χ0n) is 6.15. The lowest BCUT2D eigenvalue weighted by atomic mass is 10.1. The molecule has 0 saturated carbocycles. The van der Waals surface area contributed by atoms with Crippen LogP contribution in [0.2, 0.25) is 0 Å².